The number of benzene rings is 1. The number of carbonyl (C=O) groups excluding carboxylic acids is 1. The molecule has 0 saturated carbocycles. The van der Waals surface area contributed by atoms with Gasteiger partial charge in [-0.2, -0.15) is 0 Å². The summed E-state index contributed by atoms with van der Waals surface area (Å²) < 4.78 is 0. The fourth-order valence-electron chi connectivity index (χ4n) is 0.840. The van der Waals surface area contributed by atoms with Crippen molar-refractivity contribution in [3.8, 4) is 24.2 Å². The first kappa shape index (κ1) is 43.4. The standard InChI is InChI=1S/C8H14O2.C7H8.C5H8O.C3H6O.CH4.K.H2O/c1-7(2,9)5-6-8(3,4)10;1-7-5-3-2-4-6-7;1-4-5(2,3)6;1-3(2)4;;;/h9-10H,1-4H3;2-6H,1H3;1,6H,2-3H3;1-2H3;1H4;;1H2/q;;;;;+1;/p-1. The molecule has 0 spiro atoms. The topological polar surface area (TPSA) is 108 Å². The monoisotopic (exact) mass is 448 g/mol. The molecule has 0 heterocycles. The third kappa shape index (κ3) is 63.1. The van der Waals surface area contributed by atoms with Gasteiger partial charge in [0.15, 0.2) is 0 Å². The molecule has 0 fully saturated rings. The quantitative estimate of drug-likeness (QED) is 0.405. The molecule has 30 heavy (non-hydrogen) atoms. The van der Waals surface area contributed by atoms with Crippen LogP contribution in [0.4, 0.5) is 0 Å². The van der Waals surface area contributed by atoms with Crippen LogP contribution in [-0.4, -0.2) is 43.4 Å². The Kier molecular flexibility index (Phi) is 31.4. The maximum Gasteiger partial charge on any atom is 1.00 e. The molecular weight excluding hydrogens is 407 g/mol. The Balaban J connectivity index is -0.0000000647. The molecule has 0 aliphatic carbocycles. The molecule has 1 rings (SSSR count). The van der Waals surface area contributed by atoms with Crippen molar-refractivity contribution in [2.45, 2.75) is 86.5 Å². The normalized spacial score (nSPS) is 9.03. The number of carbonyl (C=O) groups is 1. The third-order valence-corrected chi connectivity index (χ3v) is 1.97. The molecule has 0 aliphatic rings. The molecule has 0 amide bonds. The first-order valence-corrected chi connectivity index (χ1v) is 8.57. The van der Waals surface area contributed by atoms with Gasteiger partial charge in [-0.05, 0) is 62.3 Å². The Labute approximate surface area is 227 Å². The Morgan fingerprint density at radius 3 is 1.17 bits per heavy atom. The summed E-state index contributed by atoms with van der Waals surface area (Å²) in [5.74, 6) is 7.36. The van der Waals surface area contributed by atoms with E-state index in [4.69, 9.17) is 21.7 Å². The molecule has 0 radical (unpaired) electrons. The predicted molar refractivity (Wildman–Crippen MR) is 122 cm³/mol. The second-order valence-corrected chi connectivity index (χ2v) is 7.63. The van der Waals surface area contributed by atoms with E-state index in [1.165, 1.54) is 19.4 Å². The average Bonchev–Trinajstić information content (AvgIpc) is 2.45. The van der Waals surface area contributed by atoms with E-state index in [0.29, 0.717) is 0 Å². The molecule has 168 valence electrons. The molecule has 1 aromatic carbocycles. The van der Waals surface area contributed by atoms with Gasteiger partial charge in [0, 0.05) is 0 Å². The number of aliphatic hydroxyl groups is 3. The largest absolute Gasteiger partial charge is 1.00 e. The van der Waals surface area contributed by atoms with E-state index in [0.717, 1.165) is 0 Å². The molecule has 1 aromatic rings. The SMILES string of the molecule is C.C#CC(C)(C)O.CC(C)(O)C#CC(C)(C)O.CC(C)=O.Cc1ccccc1.[K+].[OH-]. The van der Waals surface area contributed by atoms with Crippen molar-refractivity contribution < 1.29 is 77.0 Å². The van der Waals surface area contributed by atoms with Crippen molar-refractivity contribution in [2.24, 2.45) is 0 Å². The smallest absolute Gasteiger partial charge is 0.870 e. The van der Waals surface area contributed by atoms with Gasteiger partial charge in [-0.15, -0.1) is 6.42 Å². The Morgan fingerprint density at radius 1 is 0.833 bits per heavy atom. The maximum atomic E-state index is 9.44. The van der Waals surface area contributed by atoms with E-state index in [-0.39, 0.29) is 70.1 Å². The van der Waals surface area contributed by atoms with Crippen molar-refractivity contribution in [1.82, 2.24) is 0 Å². The van der Waals surface area contributed by atoms with Gasteiger partial charge in [0.05, 0.1) is 0 Å². The third-order valence-electron chi connectivity index (χ3n) is 1.97. The molecule has 0 atom stereocenters. The van der Waals surface area contributed by atoms with E-state index in [9.17, 15) is 4.79 Å². The van der Waals surface area contributed by atoms with Gasteiger partial charge in [0.25, 0.3) is 0 Å². The van der Waals surface area contributed by atoms with Crippen LogP contribution in [0, 0.1) is 31.1 Å². The predicted octanol–water partition coefficient (Wildman–Crippen LogP) is 0.976. The minimum absolute atomic E-state index is 0. The summed E-state index contributed by atoms with van der Waals surface area (Å²) in [6.07, 6.45) is 4.81. The second-order valence-electron chi connectivity index (χ2n) is 7.63. The summed E-state index contributed by atoms with van der Waals surface area (Å²) >= 11 is 0. The first-order chi connectivity index (χ1) is 11.9. The van der Waals surface area contributed by atoms with Gasteiger partial charge >= 0.3 is 51.4 Å². The summed E-state index contributed by atoms with van der Waals surface area (Å²) in [5.41, 5.74) is -1.64. The molecule has 0 aliphatic heterocycles. The summed E-state index contributed by atoms with van der Waals surface area (Å²) in [6.45, 7) is 14.6. The zero-order valence-electron chi connectivity index (χ0n) is 19.7. The molecule has 0 unspecified atom stereocenters. The summed E-state index contributed by atoms with van der Waals surface area (Å²) in [7, 11) is 0. The van der Waals surface area contributed by atoms with Gasteiger partial charge in [0.1, 0.15) is 22.6 Å². The zero-order valence-corrected chi connectivity index (χ0v) is 22.8. The second kappa shape index (κ2) is 21.7. The van der Waals surface area contributed by atoms with Crippen molar-refractivity contribution in [1.29, 1.82) is 0 Å². The van der Waals surface area contributed by atoms with Crippen LogP contribution >= 0.6 is 0 Å². The van der Waals surface area contributed by atoms with Crippen LogP contribution in [0.1, 0.15) is 68.4 Å². The van der Waals surface area contributed by atoms with Crippen molar-refractivity contribution >= 4 is 5.78 Å². The number of terminal acetylenes is 1. The van der Waals surface area contributed by atoms with Crippen LogP contribution in [0.5, 0.6) is 0 Å². The van der Waals surface area contributed by atoms with E-state index >= 15 is 0 Å². The summed E-state index contributed by atoms with van der Waals surface area (Å²) in [5, 5.41) is 26.8. The number of hydrogen-bond acceptors (Lipinski definition) is 5. The number of rotatable bonds is 0. The van der Waals surface area contributed by atoms with Crippen LogP contribution in [0.3, 0.4) is 0 Å². The maximum absolute atomic E-state index is 9.44. The molecule has 4 N–H and O–H groups in total. The van der Waals surface area contributed by atoms with Crippen LogP contribution in [-0.2, 0) is 4.79 Å². The number of aryl methyl sites for hydroxylation is 1. The van der Waals surface area contributed by atoms with Crippen molar-refractivity contribution in [2.75, 3.05) is 0 Å². The molecular formula is C24H41KO5. The molecule has 5 nitrogen and oxygen atoms in total. The van der Waals surface area contributed by atoms with E-state index in [1.54, 1.807) is 41.5 Å². The number of ketones is 1. The van der Waals surface area contributed by atoms with Crippen LogP contribution in [0.25, 0.3) is 0 Å². The average molecular weight is 449 g/mol. The van der Waals surface area contributed by atoms with Crippen LogP contribution < -0.4 is 51.4 Å². The minimum atomic E-state index is -1.01. The Bertz CT molecular complexity index is 595. The van der Waals surface area contributed by atoms with Gasteiger partial charge < -0.3 is 25.6 Å². The van der Waals surface area contributed by atoms with Gasteiger partial charge in [-0.1, -0.05) is 61.1 Å². The van der Waals surface area contributed by atoms with E-state index in [1.807, 2.05) is 18.2 Å². The van der Waals surface area contributed by atoms with Crippen molar-refractivity contribution in [3.05, 3.63) is 35.9 Å². The molecule has 0 saturated heterocycles. The number of hydrogen-bond donors (Lipinski definition) is 3. The fourth-order valence-corrected chi connectivity index (χ4v) is 0.840. The molecule has 6 heteroatoms. The molecule has 0 aromatic heterocycles. The summed E-state index contributed by atoms with van der Waals surface area (Å²) in [4.78, 5) is 9.44. The van der Waals surface area contributed by atoms with E-state index in [2.05, 4.69) is 36.8 Å². The molecule has 0 bridgehead atoms. The Hall–Kier alpha value is -0.514. The number of Topliss-reactive ketones (excluding diaryl/α,β-unsaturated/α-hetero) is 1. The van der Waals surface area contributed by atoms with Gasteiger partial charge in [0.2, 0.25) is 0 Å². The van der Waals surface area contributed by atoms with Crippen LogP contribution in [0.15, 0.2) is 30.3 Å². The first-order valence-electron chi connectivity index (χ1n) is 8.57. The fraction of sp³-hybridized carbons (Fsp3) is 0.542. The zero-order chi connectivity index (χ0) is 22.3. The van der Waals surface area contributed by atoms with Crippen molar-refractivity contribution in [3.63, 3.8) is 0 Å². The Morgan fingerprint density at radius 2 is 1.07 bits per heavy atom. The van der Waals surface area contributed by atoms with E-state index < -0.39 is 16.8 Å². The van der Waals surface area contributed by atoms with Gasteiger partial charge in [-0.25, -0.2) is 0 Å². The van der Waals surface area contributed by atoms with Crippen LogP contribution in [0.2, 0.25) is 0 Å². The summed E-state index contributed by atoms with van der Waals surface area (Å²) in [6, 6.07) is 10.3. The minimum Gasteiger partial charge on any atom is -0.870 e. The van der Waals surface area contributed by atoms with Gasteiger partial charge in [-0.3, -0.25) is 0 Å².